The topological polar surface area (TPSA) is 128 Å². The fraction of sp³-hybridized carbons (Fsp3) is 0.400. The molecule has 1 fully saturated rings. The molecule has 0 radical (unpaired) electrons. The summed E-state index contributed by atoms with van der Waals surface area (Å²) in [5.41, 5.74) is 1.03. The maximum Gasteiger partial charge on any atom is 0.337 e. The van der Waals surface area contributed by atoms with Crippen molar-refractivity contribution in [1.82, 2.24) is 4.31 Å². The summed E-state index contributed by atoms with van der Waals surface area (Å²) in [6, 6.07) is 8.78. The summed E-state index contributed by atoms with van der Waals surface area (Å²) < 4.78 is 42.8. The lowest BCUT2D eigenvalue weighted by atomic mass is 9.98. The summed E-state index contributed by atoms with van der Waals surface area (Å²) in [7, 11) is -1.42. The third-order valence-electron chi connectivity index (χ3n) is 5.88. The number of benzene rings is 2. The van der Waals surface area contributed by atoms with Gasteiger partial charge in [-0.2, -0.15) is 4.31 Å². The minimum atomic E-state index is -3.82. The normalized spacial score (nSPS) is 16.2. The number of hydrogen-bond acceptors (Lipinski definition) is 8. The van der Waals surface area contributed by atoms with Crippen LogP contribution < -0.4 is 10.1 Å². The van der Waals surface area contributed by atoms with Gasteiger partial charge in [-0.3, -0.25) is 4.79 Å². The second-order valence-corrected chi connectivity index (χ2v) is 10.3. The van der Waals surface area contributed by atoms with E-state index in [0.717, 1.165) is 0 Å². The Morgan fingerprint density at radius 1 is 1.03 bits per heavy atom. The molecule has 11 heteroatoms. The van der Waals surface area contributed by atoms with Crippen LogP contribution in [0.25, 0.3) is 0 Å². The predicted molar refractivity (Wildman–Crippen MR) is 132 cm³/mol. The average Bonchev–Trinajstić information content (AvgIpc) is 2.88. The standard InChI is InChI=1S/C25H30N2O8S/c1-5-35-22-9-8-21(11-16(22)2)36(31,32)27-10-6-7-17(15-27)23(28)26-20-13-18(24(29)33-3)12-19(14-20)25(30)34-4/h8-9,11-14,17H,5-7,10,15H2,1-4H3,(H,26,28)/t17-/m0/s1. The van der Waals surface area contributed by atoms with Crippen LogP contribution in [0.3, 0.4) is 0 Å². The van der Waals surface area contributed by atoms with Crippen molar-refractivity contribution < 1.29 is 37.0 Å². The second-order valence-electron chi connectivity index (χ2n) is 8.33. The maximum atomic E-state index is 13.3. The Morgan fingerprint density at radius 2 is 1.67 bits per heavy atom. The maximum absolute atomic E-state index is 13.3. The second kappa shape index (κ2) is 11.5. The number of nitrogens with one attached hydrogen (secondary N) is 1. The number of esters is 2. The zero-order valence-electron chi connectivity index (χ0n) is 20.7. The molecule has 1 aliphatic rings. The van der Waals surface area contributed by atoms with Gasteiger partial charge in [-0.1, -0.05) is 0 Å². The number of anilines is 1. The first kappa shape index (κ1) is 27.2. The molecule has 0 unspecified atom stereocenters. The number of carbonyl (C=O) groups excluding carboxylic acids is 3. The number of carbonyl (C=O) groups is 3. The van der Waals surface area contributed by atoms with E-state index in [1.165, 1.54) is 42.8 Å². The summed E-state index contributed by atoms with van der Waals surface area (Å²) >= 11 is 0. The Balaban J connectivity index is 1.79. The van der Waals surface area contributed by atoms with Gasteiger partial charge < -0.3 is 19.5 Å². The summed E-state index contributed by atoms with van der Waals surface area (Å²) in [5, 5.41) is 2.70. The molecule has 2 aromatic rings. The van der Waals surface area contributed by atoms with Crippen molar-refractivity contribution in [3.05, 3.63) is 53.1 Å². The highest BCUT2D eigenvalue weighted by molar-refractivity contribution is 7.89. The van der Waals surface area contributed by atoms with Crippen molar-refractivity contribution in [2.24, 2.45) is 5.92 Å². The van der Waals surface area contributed by atoms with Gasteiger partial charge in [-0.15, -0.1) is 0 Å². The van der Waals surface area contributed by atoms with Gasteiger partial charge in [0, 0.05) is 18.8 Å². The first-order valence-corrected chi connectivity index (χ1v) is 12.9. The van der Waals surface area contributed by atoms with Crippen LogP contribution in [0.2, 0.25) is 0 Å². The van der Waals surface area contributed by atoms with Crippen LogP contribution in [-0.2, 0) is 24.3 Å². The van der Waals surface area contributed by atoms with E-state index in [0.29, 0.717) is 37.3 Å². The van der Waals surface area contributed by atoms with Gasteiger partial charge in [0.1, 0.15) is 5.75 Å². The molecule has 0 bridgehead atoms. The van der Waals surface area contributed by atoms with E-state index in [-0.39, 0.29) is 28.3 Å². The molecule has 1 heterocycles. The number of rotatable bonds is 8. The van der Waals surface area contributed by atoms with E-state index in [9.17, 15) is 22.8 Å². The summed E-state index contributed by atoms with van der Waals surface area (Å²) in [4.78, 5) is 37.2. The number of hydrogen-bond donors (Lipinski definition) is 1. The number of nitrogens with zero attached hydrogens (tertiary/aromatic N) is 1. The Kier molecular flexibility index (Phi) is 8.70. The Hall–Kier alpha value is -3.44. The molecule has 1 amide bonds. The van der Waals surface area contributed by atoms with Gasteiger partial charge >= 0.3 is 11.9 Å². The van der Waals surface area contributed by atoms with E-state index in [1.807, 2.05) is 6.92 Å². The third kappa shape index (κ3) is 6.03. The minimum absolute atomic E-state index is 0.000969. The molecule has 1 N–H and O–H groups in total. The number of piperidine rings is 1. The molecule has 2 aromatic carbocycles. The van der Waals surface area contributed by atoms with Crippen molar-refractivity contribution in [3.8, 4) is 5.75 Å². The van der Waals surface area contributed by atoms with E-state index < -0.39 is 33.8 Å². The summed E-state index contributed by atoms with van der Waals surface area (Å²) in [6.45, 7) is 4.40. The highest BCUT2D eigenvalue weighted by Gasteiger charge is 2.33. The Labute approximate surface area is 210 Å². The van der Waals surface area contributed by atoms with Gasteiger partial charge in [-0.05, 0) is 68.7 Å². The summed E-state index contributed by atoms with van der Waals surface area (Å²) in [5.74, 6) is -1.79. The Morgan fingerprint density at radius 3 is 2.22 bits per heavy atom. The molecular formula is C25H30N2O8S. The summed E-state index contributed by atoms with van der Waals surface area (Å²) in [6.07, 6.45) is 0.990. The smallest absolute Gasteiger partial charge is 0.337 e. The SMILES string of the molecule is CCOc1ccc(S(=O)(=O)N2CCC[C@H](C(=O)Nc3cc(C(=O)OC)cc(C(=O)OC)c3)C2)cc1C. The van der Waals surface area contributed by atoms with Crippen LogP contribution in [0.4, 0.5) is 5.69 Å². The molecule has 36 heavy (non-hydrogen) atoms. The zero-order valence-corrected chi connectivity index (χ0v) is 21.5. The number of amides is 1. The fourth-order valence-corrected chi connectivity index (χ4v) is 5.65. The largest absolute Gasteiger partial charge is 0.494 e. The highest BCUT2D eigenvalue weighted by atomic mass is 32.2. The molecule has 0 saturated carbocycles. The first-order chi connectivity index (χ1) is 17.1. The van der Waals surface area contributed by atoms with Crippen LogP contribution in [0.5, 0.6) is 5.75 Å². The average molecular weight is 519 g/mol. The zero-order chi connectivity index (χ0) is 26.5. The lowest BCUT2D eigenvalue weighted by molar-refractivity contribution is -0.120. The van der Waals surface area contributed by atoms with Crippen molar-refractivity contribution in [1.29, 1.82) is 0 Å². The van der Waals surface area contributed by atoms with Crippen LogP contribution in [0, 0.1) is 12.8 Å². The van der Waals surface area contributed by atoms with Crippen LogP contribution in [-0.4, -0.2) is 64.5 Å². The van der Waals surface area contributed by atoms with Gasteiger partial charge in [-0.25, -0.2) is 18.0 Å². The molecule has 194 valence electrons. The molecule has 1 saturated heterocycles. The molecule has 0 aliphatic carbocycles. The molecule has 1 aliphatic heterocycles. The lowest BCUT2D eigenvalue weighted by Crippen LogP contribution is -2.43. The van der Waals surface area contributed by atoms with Crippen molar-refractivity contribution in [3.63, 3.8) is 0 Å². The molecular weight excluding hydrogens is 488 g/mol. The van der Waals surface area contributed by atoms with Crippen LogP contribution in [0.15, 0.2) is 41.3 Å². The molecule has 10 nitrogen and oxygen atoms in total. The van der Waals surface area contributed by atoms with Crippen molar-refractivity contribution in [2.45, 2.75) is 31.6 Å². The quantitative estimate of drug-likeness (QED) is 0.528. The highest BCUT2D eigenvalue weighted by Crippen LogP contribution is 2.28. The lowest BCUT2D eigenvalue weighted by Gasteiger charge is -2.31. The number of sulfonamides is 1. The monoisotopic (exact) mass is 518 g/mol. The van der Waals surface area contributed by atoms with Gasteiger partial charge in [0.2, 0.25) is 15.9 Å². The fourth-order valence-electron chi connectivity index (χ4n) is 4.04. The number of ether oxygens (including phenoxy) is 3. The molecule has 1 atom stereocenters. The van der Waals surface area contributed by atoms with Crippen LogP contribution in [0.1, 0.15) is 46.0 Å². The van der Waals surface area contributed by atoms with Crippen molar-refractivity contribution >= 4 is 33.6 Å². The molecule has 3 rings (SSSR count). The van der Waals surface area contributed by atoms with E-state index in [1.54, 1.807) is 19.1 Å². The van der Waals surface area contributed by atoms with Crippen molar-refractivity contribution in [2.75, 3.05) is 39.2 Å². The predicted octanol–water partition coefficient (Wildman–Crippen LogP) is 3.01. The van der Waals surface area contributed by atoms with Crippen LogP contribution >= 0.6 is 0 Å². The Bertz CT molecular complexity index is 1220. The van der Waals surface area contributed by atoms with Gasteiger partial charge in [0.15, 0.2) is 0 Å². The first-order valence-electron chi connectivity index (χ1n) is 11.5. The van der Waals surface area contributed by atoms with E-state index in [2.05, 4.69) is 5.32 Å². The van der Waals surface area contributed by atoms with E-state index >= 15 is 0 Å². The minimum Gasteiger partial charge on any atom is -0.494 e. The number of methoxy groups -OCH3 is 2. The van der Waals surface area contributed by atoms with Gasteiger partial charge in [0.05, 0.1) is 42.8 Å². The number of aryl methyl sites for hydroxylation is 1. The third-order valence-corrected chi connectivity index (χ3v) is 7.74. The van der Waals surface area contributed by atoms with E-state index in [4.69, 9.17) is 14.2 Å². The molecule has 0 aromatic heterocycles. The molecule has 0 spiro atoms. The van der Waals surface area contributed by atoms with Gasteiger partial charge in [0.25, 0.3) is 0 Å².